The van der Waals surface area contributed by atoms with Gasteiger partial charge in [-0.05, 0) is 31.7 Å². The van der Waals surface area contributed by atoms with Gasteiger partial charge in [-0.1, -0.05) is 43.3 Å². The van der Waals surface area contributed by atoms with Crippen molar-refractivity contribution in [1.82, 2.24) is 19.8 Å². The Morgan fingerprint density at radius 2 is 1.97 bits per heavy atom. The highest BCUT2D eigenvalue weighted by Gasteiger charge is 2.34. The highest BCUT2D eigenvalue weighted by molar-refractivity contribution is 5.98. The van der Waals surface area contributed by atoms with Crippen molar-refractivity contribution in [2.75, 3.05) is 26.7 Å². The predicted molar refractivity (Wildman–Crippen MR) is 131 cm³/mol. The number of hydrogen-bond donors (Lipinski definition) is 1. The van der Waals surface area contributed by atoms with Gasteiger partial charge in [0, 0.05) is 55.3 Å². The summed E-state index contributed by atoms with van der Waals surface area (Å²) in [6, 6.07) is 15.6. The molecule has 3 aromatic rings. The van der Waals surface area contributed by atoms with E-state index in [0.29, 0.717) is 24.5 Å². The minimum absolute atomic E-state index is 0.0455. The number of carbonyl (C=O) groups excluding carboxylic acids is 1. The second-order valence-corrected chi connectivity index (χ2v) is 9.12. The van der Waals surface area contributed by atoms with Crippen LogP contribution in [0.25, 0.3) is 11.1 Å². The third-order valence-electron chi connectivity index (χ3n) is 6.30. The van der Waals surface area contributed by atoms with Crippen LogP contribution in [-0.2, 0) is 6.54 Å². The van der Waals surface area contributed by atoms with Crippen molar-refractivity contribution < 1.29 is 14.6 Å². The summed E-state index contributed by atoms with van der Waals surface area (Å²) < 4.78 is 6.40. The van der Waals surface area contributed by atoms with E-state index in [1.807, 2.05) is 43.3 Å². The van der Waals surface area contributed by atoms with Crippen molar-refractivity contribution in [3.8, 4) is 17.0 Å². The number of aliphatic hydroxyl groups excluding tert-OH is 1. The van der Waals surface area contributed by atoms with Crippen molar-refractivity contribution in [2.45, 2.75) is 32.5 Å². The predicted octanol–water partition coefficient (Wildman–Crippen LogP) is 3.50. The maximum atomic E-state index is 13.6. The number of benzene rings is 1. The van der Waals surface area contributed by atoms with E-state index in [1.165, 1.54) is 5.56 Å². The van der Waals surface area contributed by atoms with E-state index >= 15 is 0 Å². The Bertz CT molecular complexity index is 1090. The first-order chi connectivity index (χ1) is 16.5. The van der Waals surface area contributed by atoms with Crippen molar-refractivity contribution in [3.63, 3.8) is 0 Å². The van der Waals surface area contributed by atoms with Crippen molar-refractivity contribution in [1.29, 1.82) is 0 Å². The molecule has 178 valence electrons. The molecular formula is C27H32N4O3. The monoisotopic (exact) mass is 460 g/mol. The number of likely N-dealkylation sites (N-methyl/N-ethyl adjacent to an activating group) is 1. The number of pyridine rings is 2. The van der Waals surface area contributed by atoms with E-state index in [9.17, 15) is 9.90 Å². The third kappa shape index (κ3) is 5.43. The van der Waals surface area contributed by atoms with Gasteiger partial charge >= 0.3 is 0 Å². The quantitative estimate of drug-likeness (QED) is 0.582. The first kappa shape index (κ1) is 23.9. The standard InChI is InChI=1S/C27H32N4O3/c1-19-15-31(20(2)18-32)27(33)24-12-23(22-10-7-11-28-13-22)14-29-26(24)34-25(19)17-30(3)16-21-8-5-4-6-9-21/h4-14,19-20,25,32H,15-18H2,1-3H3/t19-,20-,25+/m1/s1. The first-order valence-electron chi connectivity index (χ1n) is 11.7. The fourth-order valence-corrected chi connectivity index (χ4v) is 4.28. The fraction of sp³-hybridized carbons (Fsp3) is 0.370. The molecule has 34 heavy (non-hydrogen) atoms. The zero-order valence-corrected chi connectivity index (χ0v) is 20.0. The molecule has 4 rings (SSSR count). The van der Waals surface area contributed by atoms with Crippen molar-refractivity contribution in [3.05, 3.63) is 78.2 Å². The van der Waals surface area contributed by atoms with Crippen LogP contribution in [0.2, 0.25) is 0 Å². The molecule has 3 atom stereocenters. The number of amides is 1. The molecule has 3 heterocycles. The number of aliphatic hydroxyl groups is 1. The van der Waals surface area contributed by atoms with Crippen LogP contribution in [0.4, 0.5) is 0 Å². The molecule has 0 saturated carbocycles. The highest BCUT2D eigenvalue weighted by Crippen LogP contribution is 2.30. The van der Waals surface area contributed by atoms with E-state index in [4.69, 9.17) is 4.74 Å². The summed E-state index contributed by atoms with van der Waals surface area (Å²) in [5.74, 6) is 0.194. The zero-order valence-electron chi connectivity index (χ0n) is 20.0. The molecule has 7 nitrogen and oxygen atoms in total. The molecule has 0 aliphatic carbocycles. The summed E-state index contributed by atoms with van der Waals surface area (Å²) in [6.45, 7) is 5.80. The molecule has 1 aliphatic heterocycles. The van der Waals surface area contributed by atoms with Crippen LogP contribution in [0.3, 0.4) is 0 Å². The summed E-state index contributed by atoms with van der Waals surface area (Å²) in [6.07, 6.45) is 5.00. The summed E-state index contributed by atoms with van der Waals surface area (Å²) in [4.78, 5) is 26.3. The Morgan fingerprint density at radius 1 is 1.18 bits per heavy atom. The Morgan fingerprint density at radius 3 is 2.68 bits per heavy atom. The number of nitrogens with zero attached hydrogens (tertiary/aromatic N) is 4. The van der Waals surface area contributed by atoms with Crippen molar-refractivity contribution >= 4 is 5.91 Å². The number of hydrogen-bond acceptors (Lipinski definition) is 6. The van der Waals surface area contributed by atoms with Gasteiger partial charge < -0.3 is 14.7 Å². The Labute approximate surface area is 201 Å². The zero-order chi connectivity index (χ0) is 24.1. The number of carbonyl (C=O) groups is 1. The van der Waals surface area contributed by atoms with Gasteiger partial charge in [-0.3, -0.25) is 14.7 Å². The Balaban J connectivity index is 1.65. The molecule has 0 saturated heterocycles. The second-order valence-electron chi connectivity index (χ2n) is 9.12. The SMILES string of the molecule is C[C@@H]1CN([C@H](C)CO)C(=O)c2cc(-c3cccnc3)cnc2O[C@H]1CN(C)Cc1ccccc1. The van der Waals surface area contributed by atoms with Gasteiger partial charge in [-0.2, -0.15) is 0 Å². The van der Waals surface area contributed by atoms with Gasteiger partial charge in [0.1, 0.15) is 11.7 Å². The largest absolute Gasteiger partial charge is 0.472 e. The molecule has 0 unspecified atom stereocenters. The lowest BCUT2D eigenvalue weighted by Crippen LogP contribution is -2.49. The minimum atomic E-state index is -0.314. The number of rotatable bonds is 7. The molecule has 0 spiro atoms. The summed E-state index contributed by atoms with van der Waals surface area (Å²) >= 11 is 0. The lowest BCUT2D eigenvalue weighted by atomic mass is 9.99. The Hall–Kier alpha value is -3.29. The van der Waals surface area contributed by atoms with Crippen LogP contribution in [0.15, 0.2) is 67.1 Å². The molecule has 0 fully saturated rings. The highest BCUT2D eigenvalue weighted by atomic mass is 16.5. The van der Waals surface area contributed by atoms with Crippen LogP contribution < -0.4 is 4.74 Å². The molecule has 0 bridgehead atoms. The van der Waals surface area contributed by atoms with Crippen LogP contribution in [0, 0.1) is 5.92 Å². The lowest BCUT2D eigenvalue weighted by molar-refractivity contribution is 0.0325. The fourth-order valence-electron chi connectivity index (χ4n) is 4.28. The summed E-state index contributed by atoms with van der Waals surface area (Å²) in [5, 5.41) is 9.85. The van der Waals surface area contributed by atoms with Crippen LogP contribution in [-0.4, -0.2) is 69.7 Å². The van der Waals surface area contributed by atoms with Gasteiger partial charge in [-0.15, -0.1) is 0 Å². The molecule has 1 amide bonds. The molecule has 2 aromatic heterocycles. The van der Waals surface area contributed by atoms with Crippen LogP contribution in [0.1, 0.15) is 29.8 Å². The van der Waals surface area contributed by atoms with E-state index in [-0.39, 0.29) is 30.6 Å². The average molecular weight is 461 g/mol. The maximum Gasteiger partial charge on any atom is 0.259 e. The maximum absolute atomic E-state index is 13.6. The van der Waals surface area contributed by atoms with Gasteiger partial charge in [0.05, 0.1) is 12.6 Å². The average Bonchev–Trinajstić information content (AvgIpc) is 2.86. The van der Waals surface area contributed by atoms with E-state index in [2.05, 4.69) is 41.0 Å². The number of fused-ring (bicyclic) bond motifs is 1. The molecule has 0 radical (unpaired) electrons. The molecule has 1 aromatic carbocycles. The van der Waals surface area contributed by atoms with Gasteiger partial charge in [0.15, 0.2) is 0 Å². The smallest absolute Gasteiger partial charge is 0.259 e. The van der Waals surface area contributed by atoms with Gasteiger partial charge in [-0.25, -0.2) is 4.98 Å². The normalized spacial score (nSPS) is 19.2. The summed E-state index contributed by atoms with van der Waals surface area (Å²) in [7, 11) is 2.07. The van der Waals surface area contributed by atoms with Gasteiger partial charge in [0.25, 0.3) is 5.91 Å². The number of aromatic nitrogens is 2. The number of ether oxygens (including phenoxy) is 1. The molecular weight excluding hydrogens is 428 g/mol. The molecule has 7 heteroatoms. The van der Waals surface area contributed by atoms with Gasteiger partial charge in [0.2, 0.25) is 5.88 Å². The topological polar surface area (TPSA) is 78.8 Å². The van der Waals surface area contributed by atoms with E-state index in [0.717, 1.165) is 17.7 Å². The molecule has 1 aliphatic rings. The third-order valence-corrected chi connectivity index (χ3v) is 6.30. The summed E-state index contributed by atoms with van der Waals surface area (Å²) in [5.41, 5.74) is 3.31. The minimum Gasteiger partial charge on any atom is -0.472 e. The van der Waals surface area contributed by atoms with Crippen molar-refractivity contribution in [2.24, 2.45) is 5.92 Å². The van der Waals surface area contributed by atoms with E-state index in [1.54, 1.807) is 23.5 Å². The Kier molecular flexibility index (Phi) is 7.55. The molecule has 1 N–H and O–H groups in total. The van der Waals surface area contributed by atoms with E-state index < -0.39 is 0 Å². The first-order valence-corrected chi connectivity index (χ1v) is 11.7. The lowest BCUT2D eigenvalue weighted by Gasteiger charge is -2.37. The van der Waals surface area contributed by atoms with Crippen LogP contribution >= 0.6 is 0 Å². The van der Waals surface area contributed by atoms with Crippen LogP contribution in [0.5, 0.6) is 5.88 Å². The second kappa shape index (κ2) is 10.8.